The fraction of sp³-hybridized carbons (Fsp3) is 0.278. The molecule has 0 bridgehead atoms. The topological polar surface area (TPSA) is 58.6 Å². The summed E-state index contributed by atoms with van der Waals surface area (Å²) in [6.45, 7) is 3.85. The van der Waals surface area contributed by atoms with Crippen LogP contribution < -0.4 is 10.1 Å². The number of benzene rings is 2. The number of hydrogen-bond donors (Lipinski definition) is 2. The van der Waals surface area contributed by atoms with Gasteiger partial charge >= 0.3 is 6.09 Å². The summed E-state index contributed by atoms with van der Waals surface area (Å²) in [5, 5.41) is 11.6. The maximum absolute atomic E-state index is 13.4. The largest absolute Gasteiger partial charge is 0.487 e. The van der Waals surface area contributed by atoms with E-state index in [0.717, 1.165) is 16.7 Å². The summed E-state index contributed by atoms with van der Waals surface area (Å²) in [5.74, 6) is 0.345. The van der Waals surface area contributed by atoms with E-state index in [4.69, 9.17) is 9.84 Å². The van der Waals surface area contributed by atoms with Gasteiger partial charge in [-0.15, -0.1) is 0 Å². The maximum atomic E-state index is 13.4. The van der Waals surface area contributed by atoms with Gasteiger partial charge in [-0.05, 0) is 49.2 Å². The molecule has 1 unspecified atom stereocenters. The Morgan fingerprint density at radius 1 is 1.26 bits per heavy atom. The normalized spacial score (nSPS) is 18.7. The van der Waals surface area contributed by atoms with Crippen molar-refractivity contribution in [3.63, 3.8) is 0 Å². The minimum Gasteiger partial charge on any atom is -0.487 e. The zero-order chi connectivity index (χ0) is 16.6. The van der Waals surface area contributed by atoms with Crippen molar-refractivity contribution in [1.82, 2.24) is 5.32 Å². The van der Waals surface area contributed by atoms with Gasteiger partial charge in [-0.3, -0.25) is 0 Å². The minimum absolute atomic E-state index is 0.308. The number of amides is 1. The molecular formula is C18H18FNO3. The minimum atomic E-state index is -1.07. The van der Waals surface area contributed by atoms with Gasteiger partial charge in [0, 0.05) is 12.0 Å². The third kappa shape index (κ3) is 3.28. The van der Waals surface area contributed by atoms with Crippen LogP contribution in [-0.2, 0) is 0 Å². The lowest BCUT2D eigenvalue weighted by Crippen LogP contribution is -2.40. The highest BCUT2D eigenvalue weighted by Gasteiger charge is 2.34. The predicted octanol–water partition coefficient (Wildman–Crippen LogP) is 4.36. The van der Waals surface area contributed by atoms with Crippen LogP contribution in [0.4, 0.5) is 9.18 Å². The van der Waals surface area contributed by atoms with Gasteiger partial charge in [-0.1, -0.05) is 18.2 Å². The van der Waals surface area contributed by atoms with Gasteiger partial charge in [0.25, 0.3) is 0 Å². The van der Waals surface area contributed by atoms with Crippen LogP contribution in [0, 0.1) is 5.82 Å². The number of nitrogens with one attached hydrogen (secondary N) is 1. The zero-order valence-corrected chi connectivity index (χ0v) is 13.0. The standard InChI is InChI=1S/C18H18FNO3/c1-18(2)10-15(20-17(21)22)14-9-12(6-7-16(14)23-18)11-4-3-5-13(19)8-11/h3-9,15,20H,10H2,1-2H3,(H,21,22). The van der Waals surface area contributed by atoms with Crippen LogP contribution in [0.2, 0.25) is 0 Å². The van der Waals surface area contributed by atoms with E-state index >= 15 is 0 Å². The van der Waals surface area contributed by atoms with Gasteiger partial charge in [0.15, 0.2) is 0 Å². The third-order valence-corrected chi connectivity index (χ3v) is 3.92. The first kappa shape index (κ1) is 15.3. The molecule has 0 spiro atoms. The van der Waals surface area contributed by atoms with Crippen LogP contribution in [0.1, 0.15) is 31.9 Å². The molecule has 1 heterocycles. The smallest absolute Gasteiger partial charge is 0.405 e. The Morgan fingerprint density at radius 2 is 2.00 bits per heavy atom. The number of carbonyl (C=O) groups is 1. The van der Waals surface area contributed by atoms with E-state index < -0.39 is 11.7 Å². The Morgan fingerprint density at radius 3 is 2.70 bits per heavy atom. The molecule has 3 rings (SSSR count). The van der Waals surface area contributed by atoms with Crippen molar-refractivity contribution in [1.29, 1.82) is 0 Å². The van der Waals surface area contributed by atoms with E-state index in [2.05, 4.69) is 5.32 Å². The molecule has 0 fully saturated rings. The Labute approximate surface area is 133 Å². The second-order valence-corrected chi connectivity index (χ2v) is 6.33. The Hall–Kier alpha value is -2.56. The van der Waals surface area contributed by atoms with Crippen molar-refractivity contribution in [3.05, 3.63) is 53.8 Å². The molecular weight excluding hydrogens is 297 g/mol. The highest BCUT2D eigenvalue weighted by Crippen LogP contribution is 2.41. The molecule has 5 heteroatoms. The summed E-state index contributed by atoms with van der Waals surface area (Å²) in [6, 6.07) is 11.5. The Balaban J connectivity index is 2.04. The number of fused-ring (bicyclic) bond motifs is 1. The average Bonchev–Trinajstić information content (AvgIpc) is 2.45. The van der Waals surface area contributed by atoms with E-state index in [0.29, 0.717) is 12.2 Å². The molecule has 120 valence electrons. The summed E-state index contributed by atoms with van der Waals surface area (Å²) < 4.78 is 19.4. The molecule has 0 saturated carbocycles. The highest BCUT2D eigenvalue weighted by atomic mass is 19.1. The van der Waals surface area contributed by atoms with Crippen molar-refractivity contribution in [2.24, 2.45) is 0 Å². The molecule has 2 aromatic carbocycles. The molecule has 1 aliphatic rings. The number of ether oxygens (including phenoxy) is 1. The lowest BCUT2D eigenvalue weighted by molar-refractivity contribution is 0.0660. The van der Waals surface area contributed by atoms with Crippen molar-refractivity contribution in [2.75, 3.05) is 0 Å². The van der Waals surface area contributed by atoms with Crippen molar-refractivity contribution in [3.8, 4) is 16.9 Å². The van der Waals surface area contributed by atoms with Crippen LogP contribution in [0.25, 0.3) is 11.1 Å². The van der Waals surface area contributed by atoms with E-state index in [1.54, 1.807) is 6.07 Å². The van der Waals surface area contributed by atoms with Gasteiger partial charge in [-0.2, -0.15) is 0 Å². The first-order valence-electron chi connectivity index (χ1n) is 7.42. The van der Waals surface area contributed by atoms with E-state index in [9.17, 15) is 9.18 Å². The molecule has 0 radical (unpaired) electrons. The highest BCUT2D eigenvalue weighted by molar-refractivity contribution is 5.69. The molecule has 23 heavy (non-hydrogen) atoms. The Bertz CT molecular complexity index is 758. The quantitative estimate of drug-likeness (QED) is 0.865. The SMILES string of the molecule is CC1(C)CC(NC(=O)O)c2cc(-c3cccc(F)c3)ccc2O1. The van der Waals surface area contributed by atoms with Crippen LogP contribution in [0.5, 0.6) is 5.75 Å². The zero-order valence-electron chi connectivity index (χ0n) is 13.0. The molecule has 0 saturated heterocycles. The molecule has 4 nitrogen and oxygen atoms in total. The van der Waals surface area contributed by atoms with Crippen LogP contribution in [0.15, 0.2) is 42.5 Å². The molecule has 2 N–H and O–H groups in total. The second-order valence-electron chi connectivity index (χ2n) is 6.33. The van der Waals surface area contributed by atoms with Crippen molar-refractivity contribution >= 4 is 6.09 Å². The summed E-state index contributed by atoms with van der Waals surface area (Å²) in [7, 11) is 0. The number of rotatable bonds is 2. The maximum Gasteiger partial charge on any atom is 0.405 e. The molecule has 0 aromatic heterocycles. The summed E-state index contributed by atoms with van der Waals surface area (Å²) >= 11 is 0. The Kier molecular flexibility index (Phi) is 3.72. The molecule has 1 aliphatic heterocycles. The second kappa shape index (κ2) is 5.57. The molecule has 0 aliphatic carbocycles. The third-order valence-electron chi connectivity index (χ3n) is 3.92. The summed E-state index contributed by atoms with van der Waals surface area (Å²) in [4.78, 5) is 11.1. The van der Waals surface area contributed by atoms with E-state index in [1.165, 1.54) is 12.1 Å². The monoisotopic (exact) mass is 315 g/mol. The number of carboxylic acid groups (broad SMARTS) is 1. The lowest BCUT2D eigenvalue weighted by atomic mass is 9.88. The molecule has 1 atom stereocenters. The first-order valence-corrected chi connectivity index (χ1v) is 7.42. The van der Waals surface area contributed by atoms with Gasteiger partial charge in [0.1, 0.15) is 17.2 Å². The van der Waals surface area contributed by atoms with Crippen LogP contribution in [-0.4, -0.2) is 16.8 Å². The van der Waals surface area contributed by atoms with Gasteiger partial charge < -0.3 is 15.2 Å². The lowest BCUT2D eigenvalue weighted by Gasteiger charge is -2.37. The van der Waals surface area contributed by atoms with Crippen LogP contribution in [0.3, 0.4) is 0 Å². The van der Waals surface area contributed by atoms with Crippen molar-refractivity contribution < 1.29 is 19.0 Å². The number of hydrogen-bond acceptors (Lipinski definition) is 2. The first-order chi connectivity index (χ1) is 10.8. The van der Waals surface area contributed by atoms with Gasteiger partial charge in [0.2, 0.25) is 0 Å². The van der Waals surface area contributed by atoms with Gasteiger partial charge in [0.05, 0.1) is 6.04 Å². The average molecular weight is 315 g/mol. The van der Waals surface area contributed by atoms with Crippen LogP contribution >= 0.6 is 0 Å². The van der Waals surface area contributed by atoms with Gasteiger partial charge in [-0.25, -0.2) is 9.18 Å². The fourth-order valence-corrected chi connectivity index (χ4v) is 2.98. The predicted molar refractivity (Wildman–Crippen MR) is 85.1 cm³/mol. The molecule has 2 aromatic rings. The molecule has 1 amide bonds. The fourth-order valence-electron chi connectivity index (χ4n) is 2.98. The summed E-state index contributed by atoms with van der Waals surface area (Å²) in [5.41, 5.74) is 1.88. The summed E-state index contributed by atoms with van der Waals surface area (Å²) in [6.07, 6.45) is -0.548. The van der Waals surface area contributed by atoms with Crippen molar-refractivity contribution in [2.45, 2.75) is 31.9 Å². The van der Waals surface area contributed by atoms with E-state index in [-0.39, 0.29) is 11.9 Å². The number of halogens is 1. The van der Waals surface area contributed by atoms with E-state index in [1.807, 2.05) is 38.1 Å².